The van der Waals surface area contributed by atoms with E-state index in [0.717, 1.165) is 17.8 Å². The average molecular weight is 396 g/mol. The Morgan fingerprint density at radius 1 is 1.04 bits per heavy atom. The van der Waals surface area contributed by atoms with Crippen molar-refractivity contribution in [2.45, 2.75) is 38.5 Å². The van der Waals surface area contributed by atoms with Gasteiger partial charge >= 0.3 is 5.97 Å². The van der Waals surface area contributed by atoms with E-state index in [1.165, 1.54) is 38.5 Å². The minimum absolute atomic E-state index is 0.102. The molecule has 26 heavy (non-hydrogen) atoms. The molecule has 4 nitrogen and oxygen atoms in total. The van der Waals surface area contributed by atoms with Crippen LogP contribution in [0.1, 0.15) is 48.9 Å². The zero-order valence-corrected chi connectivity index (χ0v) is 16.1. The standard InChI is InChI=1S/C20H23Cl2NO3/c21-15-2-1-3-16(22)18(15)19(25)26-10-17(24)23-11-20-7-12-4-13(8-20)6-14(5-12)9-20/h1-3,12-14H,4-11H2,(H,23,24). The van der Waals surface area contributed by atoms with Crippen molar-refractivity contribution >= 4 is 35.1 Å². The zero-order chi connectivity index (χ0) is 18.3. The first-order valence-corrected chi connectivity index (χ1v) is 10.1. The monoisotopic (exact) mass is 395 g/mol. The second-order valence-corrected chi connectivity index (χ2v) is 9.18. The van der Waals surface area contributed by atoms with Gasteiger partial charge in [0.2, 0.25) is 0 Å². The molecule has 6 heteroatoms. The molecule has 1 aromatic carbocycles. The van der Waals surface area contributed by atoms with Crippen LogP contribution in [0.15, 0.2) is 18.2 Å². The van der Waals surface area contributed by atoms with Crippen LogP contribution in [-0.4, -0.2) is 25.0 Å². The first kappa shape index (κ1) is 18.1. The third kappa shape index (κ3) is 3.59. The summed E-state index contributed by atoms with van der Waals surface area (Å²) in [7, 11) is 0. The van der Waals surface area contributed by atoms with Crippen LogP contribution in [0.4, 0.5) is 0 Å². The van der Waals surface area contributed by atoms with Gasteiger partial charge in [-0.25, -0.2) is 4.79 Å². The molecule has 140 valence electrons. The van der Waals surface area contributed by atoms with Crippen molar-refractivity contribution in [2.75, 3.05) is 13.2 Å². The Kier molecular flexibility index (Phi) is 4.91. The number of halogens is 2. The number of benzene rings is 1. The molecule has 0 aromatic heterocycles. The highest BCUT2D eigenvalue weighted by atomic mass is 35.5. The molecule has 1 amide bonds. The molecular weight excluding hydrogens is 373 g/mol. The van der Waals surface area contributed by atoms with Crippen molar-refractivity contribution < 1.29 is 14.3 Å². The number of hydrogen-bond donors (Lipinski definition) is 1. The molecule has 0 spiro atoms. The van der Waals surface area contributed by atoms with Gasteiger partial charge in [-0.3, -0.25) is 4.79 Å². The van der Waals surface area contributed by atoms with Crippen LogP contribution in [-0.2, 0) is 9.53 Å². The smallest absolute Gasteiger partial charge is 0.341 e. The van der Waals surface area contributed by atoms with E-state index < -0.39 is 5.97 Å². The summed E-state index contributed by atoms with van der Waals surface area (Å²) in [5.41, 5.74) is 0.366. The summed E-state index contributed by atoms with van der Waals surface area (Å²) in [5.74, 6) is 1.60. The molecule has 0 unspecified atom stereocenters. The molecule has 4 bridgehead atoms. The predicted octanol–water partition coefficient (Wildman–Crippen LogP) is 4.48. The number of esters is 1. The number of hydrogen-bond acceptors (Lipinski definition) is 3. The molecule has 0 aliphatic heterocycles. The van der Waals surface area contributed by atoms with E-state index in [1.807, 2.05) is 0 Å². The summed E-state index contributed by atoms with van der Waals surface area (Å²) in [5, 5.41) is 3.43. The van der Waals surface area contributed by atoms with Crippen molar-refractivity contribution in [3.63, 3.8) is 0 Å². The Morgan fingerprint density at radius 2 is 1.58 bits per heavy atom. The van der Waals surface area contributed by atoms with E-state index in [4.69, 9.17) is 27.9 Å². The lowest BCUT2D eigenvalue weighted by atomic mass is 9.49. The van der Waals surface area contributed by atoms with Gasteiger partial charge in [-0.2, -0.15) is 0 Å². The van der Waals surface area contributed by atoms with Crippen molar-refractivity contribution in [1.29, 1.82) is 0 Å². The Morgan fingerprint density at radius 3 is 2.12 bits per heavy atom. The molecule has 4 aliphatic carbocycles. The highest BCUT2D eigenvalue weighted by Crippen LogP contribution is 2.59. The number of carbonyl (C=O) groups is 2. The highest BCUT2D eigenvalue weighted by molar-refractivity contribution is 6.39. The maximum atomic E-state index is 12.2. The van der Waals surface area contributed by atoms with E-state index in [0.29, 0.717) is 6.54 Å². The lowest BCUT2D eigenvalue weighted by molar-refractivity contribution is -0.126. The largest absolute Gasteiger partial charge is 0.452 e. The molecule has 4 aliphatic rings. The summed E-state index contributed by atoms with van der Waals surface area (Å²) < 4.78 is 5.10. The second-order valence-electron chi connectivity index (χ2n) is 8.37. The Bertz CT molecular complexity index is 678. The normalized spacial score (nSPS) is 31.7. The number of amides is 1. The minimum Gasteiger partial charge on any atom is -0.452 e. The molecule has 5 rings (SSSR count). The fourth-order valence-electron chi connectivity index (χ4n) is 5.74. The van der Waals surface area contributed by atoms with Crippen LogP contribution < -0.4 is 5.32 Å². The summed E-state index contributed by atoms with van der Waals surface area (Å²) in [4.78, 5) is 24.3. The van der Waals surface area contributed by atoms with Gasteiger partial charge in [0.05, 0.1) is 15.6 Å². The molecule has 1 aromatic rings. The highest BCUT2D eigenvalue weighted by Gasteiger charge is 2.50. The topological polar surface area (TPSA) is 55.4 Å². The Balaban J connectivity index is 1.29. The van der Waals surface area contributed by atoms with Gasteiger partial charge in [-0.1, -0.05) is 29.3 Å². The average Bonchev–Trinajstić information content (AvgIpc) is 2.57. The van der Waals surface area contributed by atoms with Crippen LogP contribution >= 0.6 is 23.2 Å². The molecule has 0 heterocycles. The third-order valence-electron chi connectivity index (χ3n) is 6.33. The quantitative estimate of drug-likeness (QED) is 0.747. The van der Waals surface area contributed by atoms with Crippen LogP contribution in [0.25, 0.3) is 0 Å². The zero-order valence-electron chi connectivity index (χ0n) is 14.6. The number of rotatable bonds is 5. The van der Waals surface area contributed by atoms with Crippen LogP contribution in [0.5, 0.6) is 0 Å². The van der Waals surface area contributed by atoms with Gasteiger partial charge < -0.3 is 10.1 Å². The lowest BCUT2D eigenvalue weighted by Crippen LogP contribution is -2.51. The number of carbonyl (C=O) groups excluding carboxylic acids is 2. The maximum Gasteiger partial charge on any atom is 0.341 e. The van der Waals surface area contributed by atoms with Crippen LogP contribution in [0.3, 0.4) is 0 Å². The maximum absolute atomic E-state index is 12.2. The third-order valence-corrected chi connectivity index (χ3v) is 6.96. The number of ether oxygens (including phenoxy) is 1. The summed E-state index contributed by atoms with van der Waals surface area (Å²) in [6.45, 7) is 0.381. The summed E-state index contributed by atoms with van der Waals surface area (Å²) in [6.07, 6.45) is 7.83. The number of nitrogens with one attached hydrogen (secondary N) is 1. The van der Waals surface area contributed by atoms with Gasteiger partial charge in [-0.15, -0.1) is 0 Å². The molecule has 0 radical (unpaired) electrons. The van der Waals surface area contributed by atoms with Crippen molar-refractivity contribution in [3.8, 4) is 0 Å². The van der Waals surface area contributed by atoms with E-state index in [9.17, 15) is 9.59 Å². The first-order chi connectivity index (χ1) is 12.4. The van der Waals surface area contributed by atoms with Crippen molar-refractivity contribution in [1.82, 2.24) is 5.32 Å². The van der Waals surface area contributed by atoms with Gasteiger partial charge in [-0.05, 0) is 73.8 Å². The summed E-state index contributed by atoms with van der Waals surface area (Å²) in [6, 6.07) is 4.79. The van der Waals surface area contributed by atoms with E-state index in [2.05, 4.69) is 5.32 Å². The van der Waals surface area contributed by atoms with E-state index in [1.54, 1.807) is 18.2 Å². The SMILES string of the molecule is O=C(COC(=O)c1c(Cl)cccc1Cl)NCC12CC3CC(CC(C3)C1)C2. The minimum atomic E-state index is -0.675. The fourth-order valence-corrected chi connectivity index (χ4v) is 6.29. The lowest BCUT2D eigenvalue weighted by Gasteiger charge is -2.56. The molecule has 4 fully saturated rings. The van der Waals surface area contributed by atoms with Crippen LogP contribution in [0, 0.1) is 23.2 Å². The molecular formula is C20H23Cl2NO3. The summed E-state index contributed by atoms with van der Waals surface area (Å²) >= 11 is 12.0. The van der Waals surface area contributed by atoms with Gasteiger partial charge in [0, 0.05) is 6.54 Å². The Labute approximate surface area is 163 Å². The van der Waals surface area contributed by atoms with Crippen molar-refractivity contribution in [3.05, 3.63) is 33.8 Å². The van der Waals surface area contributed by atoms with Gasteiger partial charge in [0.15, 0.2) is 6.61 Å². The van der Waals surface area contributed by atoms with Crippen LogP contribution in [0.2, 0.25) is 10.0 Å². The fraction of sp³-hybridized carbons (Fsp3) is 0.600. The van der Waals surface area contributed by atoms with E-state index in [-0.39, 0.29) is 33.5 Å². The van der Waals surface area contributed by atoms with Gasteiger partial charge in [0.1, 0.15) is 0 Å². The first-order valence-electron chi connectivity index (χ1n) is 9.32. The van der Waals surface area contributed by atoms with E-state index >= 15 is 0 Å². The molecule has 4 saturated carbocycles. The second kappa shape index (κ2) is 7.05. The molecule has 0 saturated heterocycles. The Hall–Kier alpha value is -1.26. The molecule has 1 N–H and O–H groups in total. The molecule has 0 atom stereocenters. The van der Waals surface area contributed by atoms with Gasteiger partial charge in [0.25, 0.3) is 5.91 Å². The predicted molar refractivity (Wildman–Crippen MR) is 100 cm³/mol. The van der Waals surface area contributed by atoms with Crippen molar-refractivity contribution in [2.24, 2.45) is 23.2 Å².